The fourth-order valence-corrected chi connectivity index (χ4v) is 2.07. The van der Waals surface area contributed by atoms with Crippen molar-refractivity contribution in [1.82, 2.24) is 0 Å². The first-order valence-corrected chi connectivity index (χ1v) is 4.44. The second-order valence-electron chi connectivity index (χ2n) is 3.50. The van der Waals surface area contributed by atoms with Crippen LogP contribution in [-0.2, 0) is 0 Å². The molecule has 1 heteroatoms. The number of allylic oxidation sites excluding steroid dienone is 3. The lowest BCUT2D eigenvalue weighted by Gasteiger charge is -2.29. The first kappa shape index (κ1) is 6.96. The zero-order chi connectivity index (χ0) is 7.68. The molecule has 0 bridgehead atoms. The first-order valence-electron chi connectivity index (χ1n) is 4.44. The van der Waals surface area contributed by atoms with Crippen molar-refractivity contribution >= 4 is 0 Å². The van der Waals surface area contributed by atoms with Gasteiger partial charge in [0.2, 0.25) is 0 Å². The van der Waals surface area contributed by atoms with Crippen LogP contribution in [0.15, 0.2) is 23.5 Å². The van der Waals surface area contributed by atoms with E-state index in [-0.39, 0.29) is 5.76 Å². The molecule has 1 atom stereocenters. The van der Waals surface area contributed by atoms with E-state index >= 15 is 0 Å². The zero-order valence-electron chi connectivity index (χ0n) is 6.68. The molecule has 0 radical (unpaired) electrons. The van der Waals surface area contributed by atoms with Gasteiger partial charge >= 0.3 is 0 Å². The van der Waals surface area contributed by atoms with Crippen molar-refractivity contribution in [3.05, 3.63) is 23.5 Å². The van der Waals surface area contributed by atoms with Crippen molar-refractivity contribution in [3.63, 3.8) is 0 Å². The predicted octanol–water partition coefficient (Wildman–Crippen LogP) is 1.75. The Hall–Kier alpha value is -0.720. The summed E-state index contributed by atoms with van der Waals surface area (Å²) in [6.07, 6.45) is 9.80. The monoisotopic (exact) mass is 149 g/mol. The Morgan fingerprint density at radius 2 is 2.27 bits per heavy atom. The first-order chi connectivity index (χ1) is 5.36. The Balaban J connectivity index is 2.17. The van der Waals surface area contributed by atoms with Crippen molar-refractivity contribution in [1.29, 1.82) is 0 Å². The van der Waals surface area contributed by atoms with E-state index in [1.807, 2.05) is 12.2 Å². The summed E-state index contributed by atoms with van der Waals surface area (Å²) in [6, 6.07) is 0. The fraction of sp³-hybridized carbons (Fsp3) is 0.600. The highest BCUT2D eigenvalue weighted by Crippen LogP contribution is 2.34. The van der Waals surface area contributed by atoms with Gasteiger partial charge in [-0.05, 0) is 31.6 Å². The van der Waals surface area contributed by atoms with Gasteiger partial charge in [0.05, 0.1) is 0 Å². The molecule has 0 heterocycles. The maximum Gasteiger partial charge on any atom is -0.0166 e. The standard InChI is InChI=1S/C10H14O/c11-10-6-5-8-3-1-2-4-9(8)7-10/h6-8,11H,1-5H2/p-1. The highest BCUT2D eigenvalue weighted by Gasteiger charge is 2.18. The minimum absolute atomic E-state index is 0.234. The molecule has 60 valence electrons. The van der Waals surface area contributed by atoms with Crippen LogP contribution in [0, 0.1) is 5.92 Å². The fourth-order valence-electron chi connectivity index (χ4n) is 2.07. The molecule has 2 rings (SSSR count). The van der Waals surface area contributed by atoms with Crippen molar-refractivity contribution in [2.45, 2.75) is 32.1 Å². The van der Waals surface area contributed by atoms with Gasteiger partial charge in [-0.3, -0.25) is 0 Å². The maximum atomic E-state index is 11.0. The summed E-state index contributed by atoms with van der Waals surface area (Å²) in [5, 5.41) is 11.0. The van der Waals surface area contributed by atoms with Gasteiger partial charge in [0.15, 0.2) is 0 Å². The van der Waals surface area contributed by atoms with Gasteiger partial charge in [0, 0.05) is 0 Å². The summed E-state index contributed by atoms with van der Waals surface area (Å²) in [4.78, 5) is 0. The highest BCUT2D eigenvalue weighted by atomic mass is 16.3. The normalized spacial score (nSPS) is 30.4. The van der Waals surface area contributed by atoms with E-state index < -0.39 is 0 Å². The van der Waals surface area contributed by atoms with E-state index in [9.17, 15) is 5.11 Å². The van der Waals surface area contributed by atoms with Gasteiger partial charge < -0.3 is 5.11 Å². The Morgan fingerprint density at radius 3 is 3.18 bits per heavy atom. The Morgan fingerprint density at radius 1 is 1.36 bits per heavy atom. The number of rotatable bonds is 0. The van der Waals surface area contributed by atoms with E-state index in [0.29, 0.717) is 0 Å². The SMILES string of the molecule is [O-]C1=CCC2CCCCC2=C1. The summed E-state index contributed by atoms with van der Waals surface area (Å²) in [5.74, 6) is 0.958. The number of hydrogen-bond acceptors (Lipinski definition) is 1. The van der Waals surface area contributed by atoms with Gasteiger partial charge in [-0.2, -0.15) is 0 Å². The second kappa shape index (κ2) is 2.72. The van der Waals surface area contributed by atoms with Crippen LogP contribution in [-0.4, -0.2) is 0 Å². The molecular weight excluding hydrogens is 136 g/mol. The molecule has 2 aliphatic carbocycles. The van der Waals surface area contributed by atoms with Crippen molar-refractivity contribution < 1.29 is 5.11 Å². The lowest BCUT2D eigenvalue weighted by molar-refractivity contribution is -0.296. The summed E-state index contributed by atoms with van der Waals surface area (Å²) >= 11 is 0. The largest absolute Gasteiger partial charge is 0.873 e. The highest BCUT2D eigenvalue weighted by molar-refractivity contribution is 5.25. The van der Waals surface area contributed by atoms with Gasteiger partial charge in [0.25, 0.3) is 0 Å². The third kappa shape index (κ3) is 1.32. The third-order valence-corrected chi connectivity index (χ3v) is 2.72. The predicted molar refractivity (Wildman–Crippen MR) is 42.7 cm³/mol. The van der Waals surface area contributed by atoms with Crippen LogP contribution in [0.3, 0.4) is 0 Å². The van der Waals surface area contributed by atoms with Crippen LogP contribution in [0.4, 0.5) is 0 Å². The molecule has 0 N–H and O–H groups in total. The van der Waals surface area contributed by atoms with Crippen LogP contribution in [0.5, 0.6) is 0 Å². The number of hydrogen-bond donors (Lipinski definition) is 0. The zero-order valence-corrected chi connectivity index (χ0v) is 6.68. The van der Waals surface area contributed by atoms with E-state index in [1.165, 1.54) is 31.3 Å². The van der Waals surface area contributed by atoms with Crippen LogP contribution in [0.1, 0.15) is 32.1 Å². The molecule has 0 amide bonds. The van der Waals surface area contributed by atoms with E-state index in [4.69, 9.17) is 0 Å². The van der Waals surface area contributed by atoms with Crippen molar-refractivity contribution in [3.8, 4) is 0 Å². The quantitative estimate of drug-likeness (QED) is 0.514. The van der Waals surface area contributed by atoms with Crippen LogP contribution >= 0.6 is 0 Å². The lowest BCUT2D eigenvalue weighted by Crippen LogP contribution is -2.15. The molecule has 11 heavy (non-hydrogen) atoms. The summed E-state index contributed by atoms with van der Waals surface area (Å²) in [5.41, 5.74) is 1.42. The summed E-state index contributed by atoms with van der Waals surface area (Å²) in [6.45, 7) is 0. The van der Waals surface area contributed by atoms with Gasteiger partial charge in [-0.1, -0.05) is 24.1 Å². The van der Waals surface area contributed by atoms with Gasteiger partial charge in [0.1, 0.15) is 0 Å². The van der Waals surface area contributed by atoms with Crippen molar-refractivity contribution in [2.75, 3.05) is 0 Å². The minimum Gasteiger partial charge on any atom is -0.873 e. The van der Waals surface area contributed by atoms with E-state index in [2.05, 4.69) is 0 Å². The van der Waals surface area contributed by atoms with Crippen LogP contribution in [0.25, 0.3) is 0 Å². The van der Waals surface area contributed by atoms with Gasteiger partial charge in [-0.25, -0.2) is 0 Å². The molecule has 0 aliphatic heterocycles. The molecule has 0 aromatic carbocycles. The molecule has 0 aromatic rings. The molecule has 0 aromatic heterocycles. The molecular formula is C10H13O-. The number of fused-ring (bicyclic) bond motifs is 1. The van der Waals surface area contributed by atoms with Crippen LogP contribution in [0.2, 0.25) is 0 Å². The average molecular weight is 149 g/mol. The van der Waals surface area contributed by atoms with E-state index in [1.54, 1.807) is 0 Å². The Labute approximate surface area is 67.4 Å². The Kier molecular flexibility index (Phi) is 1.72. The average Bonchev–Trinajstić information content (AvgIpc) is 2.04. The van der Waals surface area contributed by atoms with Crippen molar-refractivity contribution in [2.24, 2.45) is 5.92 Å². The maximum absolute atomic E-state index is 11.0. The van der Waals surface area contributed by atoms with Gasteiger partial charge in [-0.15, -0.1) is 5.76 Å². The molecule has 1 fully saturated rings. The smallest absolute Gasteiger partial charge is 0.0166 e. The molecule has 1 nitrogen and oxygen atoms in total. The summed E-state index contributed by atoms with van der Waals surface area (Å²) < 4.78 is 0. The summed E-state index contributed by atoms with van der Waals surface area (Å²) in [7, 11) is 0. The minimum atomic E-state index is 0.234. The topological polar surface area (TPSA) is 23.1 Å². The van der Waals surface area contributed by atoms with E-state index in [0.717, 1.165) is 12.3 Å². The second-order valence-corrected chi connectivity index (χ2v) is 3.50. The molecule has 0 spiro atoms. The molecule has 0 saturated heterocycles. The molecule has 1 unspecified atom stereocenters. The lowest BCUT2D eigenvalue weighted by atomic mass is 9.80. The Bertz CT molecular complexity index is 213. The third-order valence-electron chi connectivity index (χ3n) is 2.72. The molecule has 1 saturated carbocycles. The van der Waals surface area contributed by atoms with Crippen LogP contribution < -0.4 is 5.11 Å². The molecule has 2 aliphatic rings.